The monoisotopic (exact) mass is 363 g/mol. The Bertz CT molecular complexity index is 734. The Hall–Kier alpha value is -1.64. The van der Waals surface area contributed by atoms with E-state index in [9.17, 15) is 0 Å². The van der Waals surface area contributed by atoms with Crippen molar-refractivity contribution in [1.82, 2.24) is 4.90 Å². The zero-order valence-corrected chi connectivity index (χ0v) is 17.1. The van der Waals surface area contributed by atoms with Crippen molar-refractivity contribution in [3.63, 3.8) is 0 Å². The van der Waals surface area contributed by atoms with Crippen LogP contribution in [0.4, 0.5) is 0 Å². The number of aryl methyl sites for hydroxylation is 2. The third kappa shape index (κ3) is 4.28. The first-order chi connectivity index (χ1) is 13.1. The van der Waals surface area contributed by atoms with Crippen LogP contribution < -0.4 is 0 Å². The number of rotatable bonds is 6. The van der Waals surface area contributed by atoms with Crippen molar-refractivity contribution in [2.45, 2.75) is 58.1 Å². The number of benzene rings is 2. The maximum absolute atomic E-state index is 5.92. The second-order valence-corrected chi connectivity index (χ2v) is 8.73. The fraction of sp³-hybridized carbons (Fsp3) is 0.520. The lowest BCUT2D eigenvalue weighted by Gasteiger charge is -2.40. The summed E-state index contributed by atoms with van der Waals surface area (Å²) in [4.78, 5) is 2.57. The molecule has 0 N–H and O–H groups in total. The number of hydrogen-bond acceptors (Lipinski definition) is 2. The molecule has 1 aliphatic carbocycles. The van der Waals surface area contributed by atoms with Crippen LogP contribution in [0.5, 0.6) is 0 Å². The van der Waals surface area contributed by atoms with E-state index < -0.39 is 0 Å². The number of ether oxygens (including phenoxy) is 1. The summed E-state index contributed by atoms with van der Waals surface area (Å²) >= 11 is 0. The van der Waals surface area contributed by atoms with Crippen LogP contribution in [-0.2, 0) is 11.3 Å². The summed E-state index contributed by atoms with van der Waals surface area (Å²) in [6.07, 6.45) is 5.42. The summed E-state index contributed by atoms with van der Waals surface area (Å²) in [5.74, 6) is 1.32. The summed E-state index contributed by atoms with van der Waals surface area (Å²) in [7, 11) is 1.86. The van der Waals surface area contributed by atoms with E-state index in [1.54, 1.807) is 0 Å². The molecule has 0 aromatic heterocycles. The van der Waals surface area contributed by atoms with Gasteiger partial charge in [-0.1, -0.05) is 53.6 Å². The van der Waals surface area contributed by atoms with Crippen LogP contribution in [0.1, 0.15) is 65.5 Å². The lowest BCUT2D eigenvalue weighted by molar-refractivity contribution is 0.00842. The molecule has 1 saturated heterocycles. The van der Waals surface area contributed by atoms with Gasteiger partial charge in [-0.05, 0) is 81.1 Å². The van der Waals surface area contributed by atoms with Crippen LogP contribution in [0.3, 0.4) is 0 Å². The quantitative estimate of drug-likeness (QED) is 0.645. The first-order valence-electron chi connectivity index (χ1n) is 10.5. The third-order valence-electron chi connectivity index (χ3n) is 6.49. The highest BCUT2D eigenvalue weighted by Gasteiger charge is 2.36. The molecular weight excluding hydrogens is 330 g/mol. The molecule has 2 aromatic carbocycles. The molecule has 1 heterocycles. The number of likely N-dealkylation sites (tertiary alicyclic amines) is 1. The molecule has 0 radical (unpaired) electrons. The molecule has 4 rings (SSSR count). The van der Waals surface area contributed by atoms with Crippen molar-refractivity contribution in [3.8, 4) is 0 Å². The van der Waals surface area contributed by atoms with Gasteiger partial charge in [-0.2, -0.15) is 0 Å². The van der Waals surface area contributed by atoms with Gasteiger partial charge in [0.05, 0.1) is 6.10 Å². The highest BCUT2D eigenvalue weighted by Crippen LogP contribution is 2.48. The lowest BCUT2D eigenvalue weighted by atomic mass is 9.67. The SMILES string of the molecule is COC(c1cc(C)cc(C)c1)C1CC(c2ccc(CN3CCCC3)cc2)C1. The number of methoxy groups -OCH3 is 1. The van der Waals surface area contributed by atoms with E-state index in [2.05, 4.69) is 61.2 Å². The zero-order chi connectivity index (χ0) is 18.8. The summed E-state index contributed by atoms with van der Waals surface area (Å²) in [5, 5.41) is 0. The topological polar surface area (TPSA) is 12.5 Å². The Morgan fingerprint density at radius 2 is 1.59 bits per heavy atom. The van der Waals surface area contributed by atoms with Gasteiger partial charge >= 0.3 is 0 Å². The molecule has 1 saturated carbocycles. The predicted molar refractivity (Wildman–Crippen MR) is 112 cm³/mol. The normalized spacial score (nSPS) is 24.0. The Morgan fingerprint density at radius 1 is 0.963 bits per heavy atom. The molecule has 144 valence electrons. The maximum atomic E-state index is 5.92. The van der Waals surface area contributed by atoms with Crippen LogP contribution in [-0.4, -0.2) is 25.1 Å². The van der Waals surface area contributed by atoms with E-state index in [0.29, 0.717) is 11.8 Å². The van der Waals surface area contributed by atoms with Crippen molar-refractivity contribution in [2.75, 3.05) is 20.2 Å². The second-order valence-electron chi connectivity index (χ2n) is 8.73. The van der Waals surface area contributed by atoms with Gasteiger partial charge in [0.1, 0.15) is 0 Å². The Morgan fingerprint density at radius 3 is 2.19 bits per heavy atom. The molecule has 0 bridgehead atoms. The summed E-state index contributed by atoms with van der Waals surface area (Å²) in [5.41, 5.74) is 6.97. The van der Waals surface area contributed by atoms with Gasteiger partial charge in [-0.25, -0.2) is 0 Å². The van der Waals surface area contributed by atoms with Crippen LogP contribution >= 0.6 is 0 Å². The van der Waals surface area contributed by atoms with Crippen LogP contribution in [0.15, 0.2) is 42.5 Å². The van der Waals surface area contributed by atoms with Gasteiger partial charge in [0.15, 0.2) is 0 Å². The molecule has 1 unspecified atom stereocenters. The van der Waals surface area contributed by atoms with E-state index in [1.165, 1.54) is 66.6 Å². The number of hydrogen-bond donors (Lipinski definition) is 0. The fourth-order valence-corrected chi connectivity index (χ4v) is 5.05. The zero-order valence-electron chi connectivity index (χ0n) is 17.1. The van der Waals surface area contributed by atoms with Gasteiger partial charge < -0.3 is 4.74 Å². The number of nitrogens with zero attached hydrogens (tertiary/aromatic N) is 1. The van der Waals surface area contributed by atoms with Crippen LogP contribution in [0.2, 0.25) is 0 Å². The average molecular weight is 364 g/mol. The Kier molecular flexibility index (Phi) is 5.66. The van der Waals surface area contributed by atoms with Gasteiger partial charge in [0.2, 0.25) is 0 Å². The van der Waals surface area contributed by atoms with Gasteiger partial charge in [0.25, 0.3) is 0 Å². The van der Waals surface area contributed by atoms with Crippen molar-refractivity contribution >= 4 is 0 Å². The Balaban J connectivity index is 1.36. The molecule has 27 heavy (non-hydrogen) atoms. The summed E-state index contributed by atoms with van der Waals surface area (Å²) < 4.78 is 5.92. The van der Waals surface area contributed by atoms with E-state index >= 15 is 0 Å². The van der Waals surface area contributed by atoms with E-state index in [0.717, 1.165) is 6.54 Å². The minimum atomic E-state index is 0.231. The molecular formula is C25H33NO. The predicted octanol–water partition coefficient (Wildman–Crippen LogP) is 5.78. The molecule has 2 heteroatoms. The van der Waals surface area contributed by atoms with E-state index in [1.807, 2.05) is 7.11 Å². The molecule has 2 nitrogen and oxygen atoms in total. The lowest BCUT2D eigenvalue weighted by Crippen LogP contribution is -2.28. The fourth-order valence-electron chi connectivity index (χ4n) is 5.05. The molecule has 1 atom stereocenters. The van der Waals surface area contributed by atoms with Crippen molar-refractivity contribution in [3.05, 3.63) is 70.3 Å². The molecule has 2 aliphatic rings. The highest BCUT2D eigenvalue weighted by atomic mass is 16.5. The largest absolute Gasteiger partial charge is 0.376 e. The summed E-state index contributed by atoms with van der Waals surface area (Å²) in [6, 6.07) is 16.3. The highest BCUT2D eigenvalue weighted by molar-refractivity contribution is 5.32. The van der Waals surface area contributed by atoms with Crippen LogP contribution in [0.25, 0.3) is 0 Å². The molecule has 0 spiro atoms. The van der Waals surface area contributed by atoms with Gasteiger partial charge in [-0.15, -0.1) is 0 Å². The minimum Gasteiger partial charge on any atom is -0.376 e. The molecule has 2 fully saturated rings. The third-order valence-corrected chi connectivity index (χ3v) is 6.49. The first kappa shape index (κ1) is 18.7. The maximum Gasteiger partial charge on any atom is 0.0849 e. The standard InChI is InChI=1S/C25H33NO/c1-18-12-19(2)14-23(13-18)25(27-3)24-15-22(16-24)21-8-6-20(7-9-21)17-26-10-4-5-11-26/h6-9,12-14,22,24-25H,4-5,10-11,15-17H2,1-3H3. The van der Waals surface area contributed by atoms with E-state index in [4.69, 9.17) is 4.74 Å². The second kappa shape index (κ2) is 8.16. The van der Waals surface area contributed by atoms with E-state index in [-0.39, 0.29) is 6.10 Å². The smallest absolute Gasteiger partial charge is 0.0849 e. The van der Waals surface area contributed by atoms with Gasteiger partial charge in [-0.3, -0.25) is 4.90 Å². The average Bonchev–Trinajstić information content (AvgIpc) is 3.11. The Labute approximate surface area is 164 Å². The van der Waals surface area contributed by atoms with Crippen molar-refractivity contribution in [1.29, 1.82) is 0 Å². The molecule has 0 amide bonds. The van der Waals surface area contributed by atoms with Crippen molar-refractivity contribution < 1.29 is 4.74 Å². The molecule has 2 aromatic rings. The summed E-state index contributed by atoms with van der Waals surface area (Å²) in [6.45, 7) is 8.00. The first-order valence-corrected chi connectivity index (χ1v) is 10.5. The van der Waals surface area contributed by atoms with Crippen LogP contribution in [0, 0.1) is 19.8 Å². The minimum absolute atomic E-state index is 0.231. The molecule has 1 aliphatic heterocycles. The van der Waals surface area contributed by atoms with Crippen molar-refractivity contribution in [2.24, 2.45) is 5.92 Å². The van der Waals surface area contributed by atoms with Gasteiger partial charge in [0, 0.05) is 13.7 Å².